The molecule has 2 bridgehead atoms. The van der Waals surface area contributed by atoms with Gasteiger partial charge in [-0.15, -0.1) is 0 Å². The van der Waals surface area contributed by atoms with Crippen LogP contribution >= 0.6 is 22.6 Å². The Hall–Kier alpha value is -0.170. The van der Waals surface area contributed by atoms with Gasteiger partial charge >= 0.3 is 5.97 Å². The van der Waals surface area contributed by atoms with Crippen LogP contribution in [0.5, 0.6) is 0 Å². The van der Waals surface area contributed by atoms with E-state index in [9.17, 15) is 9.59 Å². The lowest BCUT2D eigenvalue weighted by atomic mass is 10.0. The molecule has 17 heavy (non-hydrogen) atoms. The van der Waals surface area contributed by atoms with Crippen LogP contribution in [0.3, 0.4) is 0 Å². The number of piperidine rings is 1. The third-order valence-electron chi connectivity index (χ3n) is 3.68. The molecule has 5 heteroatoms. The molecule has 0 saturated carbocycles. The number of alkyl halides is 1. The van der Waals surface area contributed by atoms with Crippen molar-refractivity contribution in [1.82, 2.24) is 4.90 Å². The zero-order valence-electron chi connectivity index (χ0n) is 10.4. The number of ketones is 1. The Bertz CT molecular complexity index is 350. The monoisotopic (exact) mass is 351 g/mol. The predicted octanol–water partition coefficient (Wildman–Crippen LogP) is 1.55. The maximum Gasteiger partial charge on any atom is 0.321 e. The van der Waals surface area contributed by atoms with Crippen LogP contribution in [0.1, 0.15) is 33.1 Å². The molecule has 0 amide bonds. The Balaban J connectivity index is 2.05. The molecule has 0 aliphatic carbocycles. The molecule has 2 aliphatic heterocycles. The van der Waals surface area contributed by atoms with Crippen molar-refractivity contribution in [2.45, 2.75) is 54.7 Å². The van der Waals surface area contributed by atoms with E-state index in [-0.39, 0.29) is 24.2 Å². The second-order valence-corrected chi connectivity index (χ2v) is 8.18. The van der Waals surface area contributed by atoms with Crippen molar-refractivity contribution in [3.8, 4) is 0 Å². The summed E-state index contributed by atoms with van der Waals surface area (Å²) in [7, 11) is 2.02. The van der Waals surface area contributed by atoms with Crippen LogP contribution in [-0.4, -0.2) is 45.3 Å². The highest BCUT2D eigenvalue weighted by molar-refractivity contribution is 14.1. The number of hydrogen-bond acceptors (Lipinski definition) is 4. The maximum absolute atomic E-state index is 11.9. The quantitative estimate of drug-likeness (QED) is 0.430. The third kappa shape index (κ3) is 2.65. The van der Waals surface area contributed by atoms with Gasteiger partial charge < -0.3 is 4.74 Å². The van der Waals surface area contributed by atoms with Crippen molar-refractivity contribution in [3.05, 3.63) is 0 Å². The van der Waals surface area contributed by atoms with Crippen LogP contribution in [0, 0.1) is 0 Å². The van der Waals surface area contributed by atoms with Crippen molar-refractivity contribution in [2.75, 3.05) is 7.05 Å². The lowest BCUT2D eigenvalue weighted by molar-refractivity contribution is -0.152. The standard InChI is InChI=1S/C12H18INO3/c1-12(2,13)11(16)17-10-5-7-4-8(15)6-9(10)14(7)3/h7,9-10H,4-6H2,1-3H3/t7?,9-,10?/m1/s1. The first kappa shape index (κ1) is 13.3. The summed E-state index contributed by atoms with van der Waals surface area (Å²) >= 11 is 2.08. The fourth-order valence-corrected chi connectivity index (χ4v) is 2.74. The van der Waals surface area contributed by atoms with Crippen molar-refractivity contribution in [1.29, 1.82) is 0 Å². The largest absolute Gasteiger partial charge is 0.460 e. The number of likely N-dealkylation sites (N-methyl/N-ethyl adjacent to an activating group) is 1. The molecule has 2 unspecified atom stereocenters. The smallest absolute Gasteiger partial charge is 0.321 e. The van der Waals surface area contributed by atoms with E-state index in [4.69, 9.17) is 4.74 Å². The summed E-state index contributed by atoms with van der Waals surface area (Å²) in [6.07, 6.45) is 1.81. The molecule has 0 aromatic carbocycles. The SMILES string of the molecule is CN1C2CC(=O)C[C@@H]1C(OC(=O)C(C)(C)I)C2. The second kappa shape index (κ2) is 4.50. The van der Waals surface area contributed by atoms with Crippen LogP contribution in [-0.2, 0) is 14.3 Å². The van der Waals surface area contributed by atoms with E-state index in [1.165, 1.54) is 0 Å². The van der Waals surface area contributed by atoms with Crippen LogP contribution in [0.15, 0.2) is 0 Å². The summed E-state index contributed by atoms with van der Waals surface area (Å²) < 4.78 is 5.07. The van der Waals surface area contributed by atoms with Gasteiger partial charge in [0.1, 0.15) is 15.3 Å². The zero-order valence-corrected chi connectivity index (χ0v) is 12.6. The minimum Gasteiger partial charge on any atom is -0.460 e. The van der Waals surface area contributed by atoms with Gasteiger partial charge in [0.25, 0.3) is 0 Å². The molecule has 2 rings (SSSR count). The summed E-state index contributed by atoms with van der Waals surface area (Å²) in [6, 6.07) is 0.348. The lowest BCUT2D eigenvalue weighted by Crippen LogP contribution is -2.44. The van der Waals surface area contributed by atoms with Crippen molar-refractivity contribution >= 4 is 34.3 Å². The summed E-state index contributed by atoms with van der Waals surface area (Å²) in [4.78, 5) is 25.6. The minimum absolute atomic E-state index is 0.0870. The van der Waals surface area contributed by atoms with Gasteiger partial charge in [0, 0.05) is 25.3 Å². The summed E-state index contributed by atoms with van der Waals surface area (Å²) in [5.74, 6) is 0.113. The molecule has 96 valence electrons. The number of ether oxygens (including phenoxy) is 1. The number of hydrogen-bond donors (Lipinski definition) is 0. The number of carbonyl (C=O) groups is 2. The molecular formula is C12H18INO3. The lowest BCUT2D eigenvalue weighted by Gasteiger charge is -2.31. The molecule has 2 aliphatic rings. The molecular weight excluding hydrogens is 333 g/mol. The van der Waals surface area contributed by atoms with Gasteiger partial charge in [-0.05, 0) is 20.9 Å². The van der Waals surface area contributed by atoms with E-state index in [0.29, 0.717) is 18.6 Å². The van der Waals surface area contributed by atoms with E-state index in [0.717, 1.165) is 6.42 Å². The number of fused-ring (bicyclic) bond motifs is 2. The highest BCUT2D eigenvalue weighted by Crippen LogP contribution is 2.35. The maximum atomic E-state index is 11.9. The van der Waals surface area contributed by atoms with E-state index >= 15 is 0 Å². The predicted molar refractivity (Wildman–Crippen MR) is 72.2 cm³/mol. The van der Waals surface area contributed by atoms with E-state index in [1.807, 2.05) is 20.9 Å². The van der Waals surface area contributed by atoms with Crippen LogP contribution < -0.4 is 0 Å². The highest BCUT2D eigenvalue weighted by Gasteiger charge is 2.47. The second-order valence-electron chi connectivity index (χ2n) is 5.49. The molecule has 0 aromatic heterocycles. The topological polar surface area (TPSA) is 46.6 Å². The zero-order chi connectivity index (χ0) is 12.8. The number of carbonyl (C=O) groups excluding carboxylic acids is 2. The Morgan fingerprint density at radius 3 is 2.71 bits per heavy atom. The van der Waals surface area contributed by atoms with Crippen LogP contribution in [0.4, 0.5) is 0 Å². The molecule has 4 nitrogen and oxygen atoms in total. The number of Topliss-reactive ketones (excluding diaryl/α,β-unsaturated/α-hetero) is 1. The van der Waals surface area contributed by atoms with Gasteiger partial charge in [0.2, 0.25) is 0 Å². The van der Waals surface area contributed by atoms with Gasteiger partial charge in [-0.1, -0.05) is 22.6 Å². The van der Waals surface area contributed by atoms with Gasteiger partial charge in [-0.2, -0.15) is 0 Å². The first-order valence-corrected chi connectivity index (χ1v) is 7.00. The van der Waals surface area contributed by atoms with E-state index in [1.54, 1.807) is 0 Å². The Morgan fingerprint density at radius 1 is 1.47 bits per heavy atom. The Morgan fingerprint density at radius 2 is 2.12 bits per heavy atom. The molecule has 0 aromatic rings. The first-order chi connectivity index (χ1) is 7.79. The molecule has 2 heterocycles. The Labute approximate surface area is 115 Å². The minimum atomic E-state index is -0.503. The molecule has 0 spiro atoms. The Kier molecular flexibility index (Phi) is 3.51. The highest BCUT2D eigenvalue weighted by atomic mass is 127. The van der Waals surface area contributed by atoms with Crippen molar-refractivity contribution in [2.24, 2.45) is 0 Å². The fourth-order valence-electron chi connectivity index (χ4n) is 2.61. The molecule has 2 fully saturated rings. The molecule has 0 radical (unpaired) electrons. The number of nitrogens with zero attached hydrogens (tertiary/aromatic N) is 1. The summed E-state index contributed by atoms with van der Waals surface area (Å²) in [5.41, 5.74) is 0. The third-order valence-corrected chi connectivity index (χ3v) is 4.12. The molecule has 3 atom stereocenters. The number of halogens is 1. The van der Waals surface area contributed by atoms with Gasteiger partial charge in [-0.25, -0.2) is 0 Å². The van der Waals surface area contributed by atoms with Gasteiger partial charge in [-0.3, -0.25) is 14.5 Å². The average molecular weight is 351 g/mol. The van der Waals surface area contributed by atoms with Gasteiger partial charge in [0.05, 0.1) is 6.04 Å². The summed E-state index contributed by atoms with van der Waals surface area (Å²) in [6.45, 7) is 3.68. The van der Waals surface area contributed by atoms with Gasteiger partial charge in [0.15, 0.2) is 0 Å². The molecule has 0 N–H and O–H groups in total. The van der Waals surface area contributed by atoms with Crippen molar-refractivity contribution in [3.63, 3.8) is 0 Å². The molecule has 2 saturated heterocycles. The normalized spacial score (nSPS) is 33.9. The number of rotatable bonds is 2. The van der Waals surface area contributed by atoms with Crippen LogP contribution in [0.2, 0.25) is 0 Å². The van der Waals surface area contributed by atoms with Crippen molar-refractivity contribution < 1.29 is 14.3 Å². The first-order valence-electron chi connectivity index (χ1n) is 5.92. The van der Waals surface area contributed by atoms with Crippen LogP contribution in [0.25, 0.3) is 0 Å². The van der Waals surface area contributed by atoms with E-state index < -0.39 is 3.42 Å². The number of esters is 1. The average Bonchev–Trinajstić information content (AvgIpc) is 2.40. The fraction of sp³-hybridized carbons (Fsp3) is 0.833. The summed E-state index contributed by atoms with van der Waals surface area (Å²) in [5, 5.41) is 0. The van der Waals surface area contributed by atoms with E-state index in [2.05, 4.69) is 27.5 Å².